The van der Waals surface area contributed by atoms with Gasteiger partial charge in [-0.25, -0.2) is 0 Å². The zero-order valence-electron chi connectivity index (χ0n) is 17.6. The number of carbonyl (C=O) groups excluding carboxylic acids is 2. The lowest BCUT2D eigenvalue weighted by Crippen LogP contribution is -2.55. The molecule has 2 aromatic carbocycles. The normalized spacial score (nSPS) is 25.6. The number of nitrogens with one attached hydrogen (secondary N) is 1. The van der Waals surface area contributed by atoms with Gasteiger partial charge in [-0.3, -0.25) is 14.9 Å². The van der Waals surface area contributed by atoms with Crippen molar-refractivity contribution in [3.05, 3.63) is 77.9 Å². The molecule has 0 aliphatic carbocycles. The highest BCUT2D eigenvalue weighted by molar-refractivity contribution is 5.87. The van der Waals surface area contributed by atoms with Crippen molar-refractivity contribution in [2.45, 2.75) is 31.1 Å². The molecule has 1 N–H and O–H groups in total. The predicted octanol–water partition coefficient (Wildman–Crippen LogP) is 4.11. The zero-order chi connectivity index (χ0) is 23.4. The number of methoxy groups -OCH3 is 1. The van der Waals surface area contributed by atoms with Gasteiger partial charge in [-0.2, -0.15) is 13.2 Å². The summed E-state index contributed by atoms with van der Waals surface area (Å²) >= 11 is 0. The van der Waals surface area contributed by atoms with E-state index in [9.17, 15) is 22.8 Å². The van der Waals surface area contributed by atoms with Crippen LogP contribution >= 0.6 is 0 Å². The van der Waals surface area contributed by atoms with E-state index in [1.807, 2.05) is 0 Å². The molecule has 0 amide bonds. The van der Waals surface area contributed by atoms with Crippen LogP contribution in [-0.4, -0.2) is 43.9 Å². The Morgan fingerprint density at radius 2 is 1.66 bits per heavy atom. The van der Waals surface area contributed by atoms with Gasteiger partial charge in [-0.1, -0.05) is 72.8 Å². The van der Waals surface area contributed by atoms with E-state index in [0.29, 0.717) is 5.56 Å². The summed E-state index contributed by atoms with van der Waals surface area (Å²) in [5.41, 5.74) is -2.22. The van der Waals surface area contributed by atoms with Crippen LogP contribution in [0.3, 0.4) is 0 Å². The summed E-state index contributed by atoms with van der Waals surface area (Å²) < 4.78 is 54.5. The number of rotatable bonds is 6. The Balaban J connectivity index is 2.25. The molecule has 3 rings (SSSR count). The van der Waals surface area contributed by atoms with Gasteiger partial charge in [0, 0.05) is 5.92 Å². The first-order valence-corrected chi connectivity index (χ1v) is 10.1. The second-order valence-corrected chi connectivity index (χ2v) is 7.39. The van der Waals surface area contributed by atoms with E-state index >= 15 is 0 Å². The van der Waals surface area contributed by atoms with E-state index in [0.717, 1.165) is 7.11 Å². The van der Waals surface area contributed by atoms with Gasteiger partial charge in [-0.15, -0.1) is 0 Å². The fraction of sp³-hybridized carbons (Fsp3) is 0.333. The highest BCUT2D eigenvalue weighted by atomic mass is 19.4. The van der Waals surface area contributed by atoms with Crippen LogP contribution in [0.1, 0.15) is 24.0 Å². The molecule has 0 unspecified atom stereocenters. The van der Waals surface area contributed by atoms with E-state index in [1.165, 1.54) is 31.2 Å². The molecule has 2 aromatic rings. The molecule has 1 aliphatic rings. The minimum atomic E-state index is -5.04. The number of ether oxygens (including phenoxy) is 2. The number of hydrogen-bond acceptors (Lipinski definition) is 5. The number of benzene rings is 2. The Morgan fingerprint density at radius 1 is 1.06 bits per heavy atom. The molecule has 5 nitrogen and oxygen atoms in total. The van der Waals surface area contributed by atoms with E-state index in [-0.39, 0.29) is 12.2 Å². The lowest BCUT2D eigenvalue weighted by molar-refractivity contribution is -0.238. The third kappa shape index (κ3) is 4.14. The van der Waals surface area contributed by atoms with E-state index in [2.05, 4.69) is 5.32 Å². The maximum atomic E-state index is 14.9. The van der Waals surface area contributed by atoms with Crippen LogP contribution in [0.5, 0.6) is 0 Å². The molecule has 0 bridgehead atoms. The van der Waals surface area contributed by atoms with Crippen LogP contribution in [0.4, 0.5) is 13.2 Å². The van der Waals surface area contributed by atoms with Crippen LogP contribution in [0.2, 0.25) is 0 Å². The molecule has 0 radical (unpaired) electrons. The summed E-state index contributed by atoms with van der Waals surface area (Å²) in [6.45, 7) is 1.20. The second-order valence-electron chi connectivity index (χ2n) is 7.39. The number of halogens is 3. The largest absolute Gasteiger partial charge is 0.468 e. The third-order valence-electron chi connectivity index (χ3n) is 5.65. The van der Waals surface area contributed by atoms with Gasteiger partial charge in [-0.05, 0) is 18.1 Å². The molecule has 1 aliphatic heterocycles. The Kier molecular flexibility index (Phi) is 7.03. The zero-order valence-corrected chi connectivity index (χ0v) is 17.6. The molecule has 0 saturated carbocycles. The molecular formula is C24H24F3NO4. The fourth-order valence-corrected chi connectivity index (χ4v) is 4.28. The first-order chi connectivity index (χ1) is 15.3. The standard InChI is InChI=1S/C24H24F3NO4/c1-3-32-22(30)23(24(25,26)27)18(15-14-16-10-6-4-7-11-16)28-20(21(29)31-2)19(23)17-12-8-5-9-13-17/h4-15,18-20,28H,3H2,1-2H3/b15-14+/t18-,19+,20-,23-/m0/s1. The second kappa shape index (κ2) is 9.56. The Labute approximate surface area is 184 Å². The molecular weight excluding hydrogens is 423 g/mol. The van der Waals surface area contributed by atoms with Crippen molar-refractivity contribution in [1.29, 1.82) is 0 Å². The predicted molar refractivity (Wildman–Crippen MR) is 113 cm³/mol. The maximum absolute atomic E-state index is 14.9. The number of hydrogen-bond donors (Lipinski definition) is 1. The molecule has 4 atom stereocenters. The fourth-order valence-electron chi connectivity index (χ4n) is 4.28. The first-order valence-electron chi connectivity index (χ1n) is 10.1. The summed E-state index contributed by atoms with van der Waals surface area (Å²) in [5.74, 6) is -3.93. The van der Waals surface area contributed by atoms with Crippen molar-refractivity contribution in [2.75, 3.05) is 13.7 Å². The summed E-state index contributed by atoms with van der Waals surface area (Å²) in [5, 5.41) is 2.72. The quantitative estimate of drug-likeness (QED) is 0.676. The van der Waals surface area contributed by atoms with Crippen molar-refractivity contribution >= 4 is 18.0 Å². The highest BCUT2D eigenvalue weighted by Gasteiger charge is 2.75. The summed E-state index contributed by atoms with van der Waals surface area (Å²) in [7, 11) is 1.10. The van der Waals surface area contributed by atoms with Gasteiger partial charge < -0.3 is 9.47 Å². The van der Waals surface area contributed by atoms with Crippen molar-refractivity contribution in [2.24, 2.45) is 5.41 Å². The lowest BCUT2D eigenvalue weighted by atomic mass is 9.67. The summed E-state index contributed by atoms with van der Waals surface area (Å²) in [4.78, 5) is 25.7. The van der Waals surface area contributed by atoms with Gasteiger partial charge >= 0.3 is 18.1 Å². The number of alkyl halides is 3. The van der Waals surface area contributed by atoms with Crippen LogP contribution in [0, 0.1) is 5.41 Å². The summed E-state index contributed by atoms with van der Waals surface area (Å²) in [6.07, 6.45) is -2.29. The summed E-state index contributed by atoms with van der Waals surface area (Å²) in [6, 6.07) is 13.4. The maximum Gasteiger partial charge on any atom is 0.407 e. The molecule has 1 saturated heterocycles. The van der Waals surface area contributed by atoms with Crippen molar-refractivity contribution < 1.29 is 32.2 Å². The van der Waals surface area contributed by atoms with Gasteiger partial charge in [0.15, 0.2) is 5.41 Å². The van der Waals surface area contributed by atoms with Gasteiger partial charge in [0.2, 0.25) is 0 Å². The van der Waals surface area contributed by atoms with Crippen LogP contribution in [-0.2, 0) is 19.1 Å². The van der Waals surface area contributed by atoms with Crippen molar-refractivity contribution in [3.8, 4) is 0 Å². The number of esters is 2. The smallest absolute Gasteiger partial charge is 0.407 e. The molecule has 1 fully saturated rings. The topological polar surface area (TPSA) is 64.6 Å². The Hall–Kier alpha value is -3.13. The molecule has 32 heavy (non-hydrogen) atoms. The van der Waals surface area contributed by atoms with Crippen LogP contribution in [0.15, 0.2) is 66.7 Å². The minimum Gasteiger partial charge on any atom is -0.468 e. The Bertz CT molecular complexity index is 962. The van der Waals surface area contributed by atoms with Crippen LogP contribution < -0.4 is 5.32 Å². The molecule has 0 spiro atoms. The molecule has 1 heterocycles. The van der Waals surface area contributed by atoms with E-state index in [4.69, 9.17) is 9.47 Å². The number of carbonyl (C=O) groups is 2. The SMILES string of the molecule is CCOC(=O)[C@]1(C(F)(F)F)[C@H](/C=C/c2ccccc2)N[C@H](C(=O)OC)[C@H]1c1ccccc1. The van der Waals surface area contributed by atoms with Crippen LogP contribution in [0.25, 0.3) is 6.08 Å². The first kappa shape index (κ1) is 23.5. The lowest BCUT2D eigenvalue weighted by Gasteiger charge is -2.38. The van der Waals surface area contributed by atoms with Gasteiger partial charge in [0.25, 0.3) is 0 Å². The monoisotopic (exact) mass is 447 g/mol. The minimum absolute atomic E-state index is 0.177. The van der Waals surface area contributed by atoms with Gasteiger partial charge in [0.05, 0.1) is 19.8 Å². The van der Waals surface area contributed by atoms with Crippen molar-refractivity contribution in [1.82, 2.24) is 5.32 Å². The molecule has 0 aromatic heterocycles. The third-order valence-corrected chi connectivity index (χ3v) is 5.65. The molecule has 8 heteroatoms. The van der Waals surface area contributed by atoms with Gasteiger partial charge in [0.1, 0.15) is 6.04 Å². The Morgan fingerprint density at radius 3 is 2.19 bits per heavy atom. The highest BCUT2D eigenvalue weighted by Crippen LogP contribution is 2.57. The average Bonchev–Trinajstić information content (AvgIpc) is 3.15. The van der Waals surface area contributed by atoms with Crippen molar-refractivity contribution in [3.63, 3.8) is 0 Å². The molecule has 170 valence electrons. The van der Waals surface area contributed by atoms with E-state index < -0.39 is 41.5 Å². The van der Waals surface area contributed by atoms with E-state index in [1.54, 1.807) is 48.5 Å². The average molecular weight is 447 g/mol.